The Morgan fingerprint density at radius 3 is 2.95 bits per heavy atom. The summed E-state index contributed by atoms with van der Waals surface area (Å²) in [4.78, 5) is 12.3. The molecule has 1 aliphatic rings. The van der Waals surface area contributed by atoms with Crippen LogP contribution in [0.1, 0.15) is 0 Å². The average Bonchev–Trinajstić information content (AvgIpc) is 2.49. The standard InChI is InChI=1S/C15H12BrClN2O2/c16-9-5-6-11(10(17)7-9)19-15(20)14-8-18-12-3-1-2-4-13(12)21-14/h1-7,14,18H,8H2,(H,19,20). The molecule has 1 atom stereocenters. The number of anilines is 2. The zero-order valence-electron chi connectivity index (χ0n) is 10.9. The van der Waals surface area contributed by atoms with Crippen LogP contribution in [0.25, 0.3) is 0 Å². The monoisotopic (exact) mass is 366 g/mol. The Labute approximate surface area is 135 Å². The molecular weight excluding hydrogens is 356 g/mol. The highest BCUT2D eigenvalue weighted by atomic mass is 79.9. The first kappa shape index (κ1) is 14.2. The number of amides is 1. The Kier molecular flexibility index (Phi) is 4.03. The van der Waals surface area contributed by atoms with Crippen molar-refractivity contribution in [1.29, 1.82) is 0 Å². The van der Waals surface area contributed by atoms with Gasteiger partial charge >= 0.3 is 0 Å². The molecular formula is C15H12BrClN2O2. The first-order valence-corrected chi connectivity index (χ1v) is 7.56. The number of para-hydroxylation sites is 2. The average molecular weight is 368 g/mol. The van der Waals surface area contributed by atoms with E-state index >= 15 is 0 Å². The topological polar surface area (TPSA) is 50.4 Å². The molecule has 0 fully saturated rings. The minimum Gasteiger partial charge on any atom is -0.477 e. The van der Waals surface area contributed by atoms with E-state index in [1.54, 1.807) is 12.1 Å². The van der Waals surface area contributed by atoms with E-state index in [0.29, 0.717) is 23.0 Å². The van der Waals surface area contributed by atoms with Crippen LogP contribution in [0.2, 0.25) is 5.02 Å². The minimum atomic E-state index is -0.598. The normalized spacial score (nSPS) is 16.4. The maximum atomic E-state index is 12.3. The fraction of sp³-hybridized carbons (Fsp3) is 0.133. The molecule has 0 saturated heterocycles. The van der Waals surface area contributed by atoms with Gasteiger partial charge in [-0.1, -0.05) is 39.7 Å². The van der Waals surface area contributed by atoms with Crippen molar-refractivity contribution in [2.45, 2.75) is 6.10 Å². The van der Waals surface area contributed by atoms with Crippen LogP contribution in [-0.2, 0) is 4.79 Å². The molecule has 3 rings (SSSR count). The summed E-state index contributed by atoms with van der Waals surface area (Å²) in [6.07, 6.45) is -0.598. The van der Waals surface area contributed by atoms with Crippen LogP contribution in [0.5, 0.6) is 5.75 Å². The van der Waals surface area contributed by atoms with E-state index in [1.165, 1.54) is 0 Å². The Morgan fingerprint density at radius 2 is 2.14 bits per heavy atom. The number of rotatable bonds is 2. The van der Waals surface area contributed by atoms with E-state index in [9.17, 15) is 4.79 Å². The van der Waals surface area contributed by atoms with Crippen LogP contribution in [-0.4, -0.2) is 18.6 Å². The van der Waals surface area contributed by atoms with Gasteiger partial charge < -0.3 is 15.4 Å². The van der Waals surface area contributed by atoms with E-state index in [-0.39, 0.29) is 5.91 Å². The predicted octanol–water partition coefficient (Wildman–Crippen LogP) is 3.91. The zero-order chi connectivity index (χ0) is 14.8. The molecule has 0 radical (unpaired) electrons. The summed E-state index contributed by atoms with van der Waals surface area (Å²) < 4.78 is 6.56. The minimum absolute atomic E-state index is 0.235. The summed E-state index contributed by atoms with van der Waals surface area (Å²) in [6, 6.07) is 12.8. The summed E-state index contributed by atoms with van der Waals surface area (Å²) in [5, 5.41) is 6.43. The summed E-state index contributed by atoms with van der Waals surface area (Å²) in [5.74, 6) is 0.437. The largest absolute Gasteiger partial charge is 0.477 e. The smallest absolute Gasteiger partial charge is 0.267 e. The number of carbonyl (C=O) groups is 1. The van der Waals surface area contributed by atoms with Gasteiger partial charge in [0.15, 0.2) is 6.10 Å². The van der Waals surface area contributed by atoms with Crippen molar-refractivity contribution < 1.29 is 9.53 Å². The van der Waals surface area contributed by atoms with Crippen molar-refractivity contribution in [3.05, 3.63) is 52.0 Å². The highest BCUT2D eigenvalue weighted by Gasteiger charge is 2.26. The third-order valence-corrected chi connectivity index (χ3v) is 3.92. The Balaban J connectivity index is 1.72. The molecule has 0 saturated carbocycles. The fourth-order valence-corrected chi connectivity index (χ4v) is 2.78. The summed E-state index contributed by atoms with van der Waals surface area (Å²) in [5.41, 5.74) is 1.45. The maximum Gasteiger partial charge on any atom is 0.267 e. The van der Waals surface area contributed by atoms with E-state index in [4.69, 9.17) is 16.3 Å². The van der Waals surface area contributed by atoms with Gasteiger partial charge in [0.25, 0.3) is 5.91 Å². The zero-order valence-corrected chi connectivity index (χ0v) is 13.2. The highest BCUT2D eigenvalue weighted by Crippen LogP contribution is 2.29. The van der Waals surface area contributed by atoms with Gasteiger partial charge in [0.1, 0.15) is 5.75 Å². The third kappa shape index (κ3) is 3.14. The van der Waals surface area contributed by atoms with Gasteiger partial charge in [0.2, 0.25) is 0 Å². The number of fused-ring (bicyclic) bond motifs is 1. The summed E-state index contributed by atoms with van der Waals surface area (Å²) in [7, 11) is 0. The molecule has 108 valence electrons. The fourth-order valence-electron chi connectivity index (χ4n) is 2.06. The van der Waals surface area contributed by atoms with Gasteiger partial charge in [-0.2, -0.15) is 0 Å². The first-order chi connectivity index (χ1) is 10.1. The lowest BCUT2D eigenvalue weighted by molar-refractivity contribution is -0.122. The van der Waals surface area contributed by atoms with Crippen LogP contribution in [0, 0.1) is 0 Å². The lowest BCUT2D eigenvalue weighted by Crippen LogP contribution is -2.41. The SMILES string of the molecule is O=C(Nc1ccc(Br)cc1Cl)C1CNc2ccccc2O1. The molecule has 0 spiro atoms. The molecule has 1 heterocycles. The second-order valence-corrected chi connectivity index (χ2v) is 5.92. The number of halogens is 2. The maximum absolute atomic E-state index is 12.3. The first-order valence-electron chi connectivity index (χ1n) is 6.39. The quantitative estimate of drug-likeness (QED) is 0.846. The number of carbonyl (C=O) groups excluding carboxylic acids is 1. The van der Waals surface area contributed by atoms with Crippen molar-refractivity contribution in [3.63, 3.8) is 0 Å². The number of hydrogen-bond acceptors (Lipinski definition) is 3. The van der Waals surface area contributed by atoms with Crippen LogP contribution in [0.15, 0.2) is 46.9 Å². The van der Waals surface area contributed by atoms with E-state index in [1.807, 2.05) is 30.3 Å². The van der Waals surface area contributed by atoms with Gasteiger partial charge in [-0.05, 0) is 30.3 Å². The number of benzene rings is 2. The van der Waals surface area contributed by atoms with Crippen LogP contribution in [0.4, 0.5) is 11.4 Å². The second-order valence-electron chi connectivity index (χ2n) is 4.60. The number of nitrogens with one attached hydrogen (secondary N) is 2. The van der Waals surface area contributed by atoms with E-state index in [0.717, 1.165) is 10.2 Å². The van der Waals surface area contributed by atoms with Crippen molar-refractivity contribution in [1.82, 2.24) is 0 Å². The molecule has 2 aromatic rings. The molecule has 6 heteroatoms. The molecule has 2 aromatic carbocycles. The lowest BCUT2D eigenvalue weighted by atomic mass is 10.2. The van der Waals surface area contributed by atoms with E-state index in [2.05, 4.69) is 26.6 Å². The van der Waals surface area contributed by atoms with Gasteiger partial charge in [0.05, 0.1) is 22.9 Å². The molecule has 0 aliphatic carbocycles. The predicted molar refractivity (Wildman–Crippen MR) is 87.1 cm³/mol. The van der Waals surface area contributed by atoms with Crippen LogP contribution < -0.4 is 15.4 Å². The molecule has 2 N–H and O–H groups in total. The number of hydrogen-bond donors (Lipinski definition) is 2. The highest BCUT2D eigenvalue weighted by molar-refractivity contribution is 9.10. The Hall–Kier alpha value is -1.72. The summed E-state index contributed by atoms with van der Waals surface area (Å²) >= 11 is 9.42. The molecule has 0 bridgehead atoms. The summed E-state index contributed by atoms with van der Waals surface area (Å²) in [6.45, 7) is 0.414. The lowest BCUT2D eigenvalue weighted by Gasteiger charge is -2.26. The Bertz CT molecular complexity index is 693. The van der Waals surface area contributed by atoms with Crippen LogP contribution >= 0.6 is 27.5 Å². The molecule has 21 heavy (non-hydrogen) atoms. The van der Waals surface area contributed by atoms with Gasteiger partial charge in [0, 0.05) is 4.47 Å². The van der Waals surface area contributed by atoms with Gasteiger partial charge in [-0.15, -0.1) is 0 Å². The van der Waals surface area contributed by atoms with Crippen molar-refractivity contribution in [3.8, 4) is 5.75 Å². The molecule has 1 unspecified atom stereocenters. The van der Waals surface area contributed by atoms with Crippen molar-refractivity contribution >= 4 is 44.8 Å². The molecule has 0 aromatic heterocycles. The van der Waals surface area contributed by atoms with Crippen molar-refractivity contribution in [2.24, 2.45) is 0 Å². The molecule has 4 nitrogen and oxygen atoms in total. The second kappa shape index (κ2) is 5.95. The third-order valence-electron chi connectivity index (χ3n) is 3.12. The van der Waals surface area contributed by atoms with Crippen molar-refractivity contribution in [2.75, 3.05) is 17.2 Å². The van der Waals surface area contributed by atoms with Gasteiger partial charge in [-0.3, -0.25) is 4.79 Å². The Morgan fingerprint density at radius 1 is 1.33 bits per heavy atom. The molecule has 1 amide bonds. The van der Waals surface area contributed by atoms with E-state index < -0.39 is 6.10 Å². The van der Waals surface area contributed by atoms with Crippen LogP contribution in [0.3, 0.4) is 0 Å². The number of ether oxygens (including phenoxy) is 1. The molecule has 1 aliphatic heterocycles. The van der Waals surface area contributed by atoms with Gasteiger partial charge in [-0.25, -0.2) is 0 Å².